The molecule has 1 aliphatic carbocycles. The third-order valence-electron chi connectivity index (χ3n) is 3.19. The molecule has 2 heterocycles. The van der Waals surface area contributed by atoms with Crippen LogP contribution in [-0.4, -0.2) is 28.0 Å². The molecule has 4 heteroatoms. The molecule has 1 aliphatic rings. The Balaban J connectivity index is 1.97. The summed E-state index contributed by atoms with van der Waals surface area (Å²) in [5.74, 6) is 1.95. The van der Waals surface area contributed by atoms with Crippen molar-refractivity contribution in [2.45, 2.75) is 19.8 Å². The van der Waals surface area contributed by atoms with Crippen molar-refractivity contribution in [3.8, 4) is 0 Å². The van der Waals surface area contributed by atoms with Gasteiger partial charge in [0.1, 0.15) is 17.8 Å². The van der Waals surface area contributed by atoms with Gasteiger partial charge in [-0.2, -0.15) is 0 Å². The van der Waals surface area contributed by atoms with Crippen molar-refractivity contribution >= 4 is 16.9 Å². The maximum atomic E-state index is 4.43. The normalized spacial score (nSPS) is 15.6. The summed E-state index contributed by atoms with van der Waals surface area (Å²) in [5.41, 5.74) is 0.930. The van der Waals surface area contributed by atoms with Crippen molar-refractivity contribution < 1.29 is 0 Å². The van der Waals surface area contributed by atoms with E-state index in [-0.39, 0.29) is 0 Å². The smallest absolute Gasteiger partial charge is 0.142 e. The Hall–Kier alpha value is -1.58. The van der Waals surface area contributed by atoms with Crippen molar-refractivity contribution in [3.63, 3.8) is 0 Å². The average Bonchev–Trinajstić information content (AvgIpc) is 3.00. The van der Waals surface area contributed by atoms with Crippen LogP contribution in [0, 0.1) is 5.92 Å². The van der Waals surface area contributed by atoms with E-state index in [2.05, 4.69) is 32.8 Å². The van der Waals surface area contributed by atoms with Gasteiger partial charge in [0.05, 0.1) is 5.39 Å². The first-order valence-electron chi connectivity index (χ1n) is 5.91. The van der Waals surface area contributed by atoms with Gasteiger partial charge in [-0.1, -0.05) is 0 Å². The van der Waals surface area contributed by atoms with Gasteiger partial charge in [-0.25, -0.2) is 9.97 Å². The molecule has 1 saturated carbocycles. The highest BCUT2D eigenvalue weighted by molar-refractivity contribution is 5.87. The van der Waals surface area contributed by atoms with Gasteiger partial charge in [-0.3, -0.25) is 0 Å². The number of aromatic amines is 1. The van der Waals surface area contributed by atoms with Crippen LogP contribution in [-0.2, 0) is 0 Å². The highest BCUT2D eigenvalue weighted by atomic mass is 15.2. The molecule has 3 rings (SSSR count). The predicted octanol–water partition coefficient (Wildman–Crippen LogP) is 2.19. The van der Waals surface area contributed by atoms with Crippen molar-refractivity contribution in [1.29, 1.82) is 0 Å². The first-order valence-corrected chi connectivity index (χ1v) is 5.91. The Bertz CT molecular complexity index is 486. The lowest BCUT2D eigenvalue weighted by atomic mass is 10.3. The van der Waals surface area contributed by atoms with Crippen LogP contribution in [0.1, 0.15) is 19.8 Å². The monoisotopic (exact) mass is 216 g/mol. The summed E-state index contributed by atoms with van der Waals surface area (Å²) in [4.78, 5) is 14.1. The Kier molecular flexibility index (Phi) is 2.27. The van der Waals surface area contributed by atoms with Crippen molar-refractivity contribution in [2.24, 2.45) is 5.92 Å². The van der Waals surface area contributed by atoms with E-state index in [1.807, 2.05) is 6.20 Å². The second kappa shape index (κ2) is 3.77. The molecule has 0 atom stereocenters. The molecule has 84 valence electrons. The number of fused-ring (bicyclic) bond motifs is 1. The zero-order chi connectivity index (χ0) is 11.0. The molecule has 0 unspecified atom stereocenters. The predicted molar refractivity (Wildman–Crippen MR) is 64.5 cm³/mol. The SMILES string of the molecule is CCN(CC1CC1)c1ncnc2[nH]ccc12. The van der Waals surface area contributed by atoms with Crippen LogP contribution < -0.4 is 4.90 Å². The minimum absolute atomic E-state index is 0.879. The number of aromatic nitrogens is 3. The molecule has 0 bridgehead atoms. The van der Waals surface area contributed by atoms with Crippen molar-refractivity contribution in [2.75, 3.05) is 18.0 Å². The molecule has 1 fully saturated rings. The molecular weight excluding hydrogens is 200 g/mol. The van der Waals surface area contributed by atoms with E-state index in [1.54, 1.807) is 6.33 Å². The van der Waals surface area contributed by atoms with Crippen LogP contribution in [0.15, 0.2) is 18.6 Å². The van der Waals surface area contributed by atoms with E-state index >= 15 is 0 Å². The number of nitrogens with one attached hydrogen (secondary N) is 1. The van der Waals surface area contributed by atoms with Gasteiger partial charge in [0, 0.05) is 19.3 Å². The fourth-order valence-corrected chi connectivity index (χ4v) is 2.09. The van der Waals surface area contributed by atoms with E-state index < -0.39 is 0 Å². The van der Waals surface area contributed by atoms with E-state index in [0.29, 0.717) is 0 Å². The molecule has 16 heavy (non-hydrogen) atoms. The molecular formula is C12H16N4. The summed E-state index contributed by atoms with van der Waals surface area (Å²) in [5, 5.41) is 1.13. The van der Waals surface area contributed by atoms with Gasteiger partial charge in [-0.05, 0) is 31.7 Å². The minimum atomic E-state index is 0.879. The second-order valence-corrected chi connectivity index (χ2v) is 4.42. The van der Waals surface area contributed by atoms with Gasteiger partial charge in [0.15, 0.2) is 0 Å². The van der Waals surface area contributed by atoms with Crippen LogP contribution in [0.2, 0.25) is 0 Å². The zero-order valence-corrected chi connectivity index (χ0v) is 9.48. The maximum absolute atomic E-state index is 4.43. The second-order valence-electron chi connectivity index (χ2n) is 4.42. The minimum Gasteiger partial charge on any atom is -0.356 e. The quantitative estimate of drug-likeness (QED) is 0.852. The van der Waals surface area contributed by atoms with Crippen molar-refractivity contribution in [3.05, 3.63) is 18.6 Å². The summed E-state index contributed by atoms with van der Waals surface area (Å²) < 4.78 is 0. The Labute approximate surface area is 94.7 Å². The standard InChI is InChI=1S/C12H16N4/c1-2-16(7-9-3-4-9)12-10-5-6-13-11(10)14-8-15-12/h5-6,8-9H,2-4,7H2,1H3,(H,13,14,15). The average molecular weight is 216 g/mol. The van der Waals surface area contributed by atoms with Gasteiger partial charge >= 0.3 is 0 Å². The van der Waals surface area contributed by atoms with E-state index in [0.717, 1.165) is 35.9 Å². The van der Waals surface area contributed by atoms with Gasteiger partial charge in [0.2, 0.25) is 0 Å². The third kappa shape index (κ3) is 1.64. The van der Waals surface area contributed by atoms with E-state index in [9.17, 15) is 0 Å². The first-order chi connectivity index (χ1) is 7.88. The lowest BCUT2D eigenvalue weighted by molar-refractivity contribution is 0.734. The lowest BCUT2D eigenvalue weighted by Gasteiger charge is -2.22. The Morgan fingerprint density at radius 1 is 1.44 bits per heavy atom. The number of nitrogens with zero attached hydrogens (tertiary/aromatic N) is 3. The van der Waals surface area contributed by atoms with Crippen LogP contribution in [0.5, 0.6) is 0 Å². The molecule has 0 saturated heterocycles. The fraction of sp³-hybridized carbons (Fsp3) is 0.500. The summed E-state index contributed by atoms with van der Waals surface area (Å²) in [6.45, 7) is 4.32. The molecule has 0 spiro atoms. The number of hydrogen-bond donors (Lipinski definition) is 1. The largest absolute Gasteiger partial charge is 0.356 e. The van der Waals surface area contributed by atoms with Crippen LogP contribution >= 0.6 is 0 Å². The summed E-state index contributed by atoms with van der Waals surface area (Å²) in [7, 11) is 0. The molecule has 0 aromatic carbocycles. The van der Waals surface area contributed by atoms with Gasteiger partial charge < -0.3 is 9.88 Å². The topological polar surface area (TPSA) is 44.8 Å². The molecule has 2 aromatic heterocycles. The maximum Gasteiger partial charge on any atom is 0.142 e. The number of anilines is 1. The summed E-state index contributed by atoms with van der Waals surface area (Å²) >= 11 is 0. The van der Waals surface area contributed by atoms with Crippen LogP contribution in [0.3, 0.4) is 0 Å². The molecule has 0 aliphatic heterocycles. The van der Waals surface area contributed by atoms with E-state index in [1.165, 1.54) is 12.8 Å². The highest BCUT2D eigenvalue weighted by Gasteiger charge is 2.25. The van der Waals surface area contributed by atoms with Crippen LogP contribution in [0.25, 0.3) is 11.0 Å². The Morgan fingerprint density at radius 2 is 2.31 bits per heavy atom. The Morgan fingerprint density at radius 3 is 3.06 bits per heavy atom. The molecule has 0 radical (unpaired) electrons. The lowest BCUT2D eigenvalue weighted by Crippen LogP contribution is -2.26. The number of H-pyrrole nitrogens is 1. The molecule has 2 aromatic rings. The first kappa shape index (κ1) is 9.63. The number of rotatable bonds is 4. The number of hydrogen-bond acceptors (Lipinski definition) is 3. The van der Waals surface area contributed by atoms with Gasteiger partial charge in [0.25, 0.3) is 0 Å². The summed E-state index contributed by atoms with van der Waals surface area (Å²) in [6, 6.07) is 2.06. The zero-order valence-electron chi connectivity index (χ0n) is 9.48. The van der Waals surface area contributed by atoms with E-state index in [4.69, 9.17) is 0 Å². The van der Waals surface area contributed by atoms with Crippen LogP contribution in [0.4, 0.5) is 5.82 Å². The van der Waals surface area contributed by atoms with Gasteiger partial charge in [-0.15, -0.1) is 0 Å². The van der Waals surface area contributed by atoms with Crippen molar-refractivity contribution in [1.82, 2.24) is 15.0 Å². The molecule has 4 nitrogen and oxygen atoms in total. The third-order valence-corrected chi connectivity index (χ3v) is 3.19. The molecule has 0 amide bonds. The highest BCUT2D eigenvalue weighted by Crippen LogP contribution is 2.32. The molecule has 1 N–H and O–H groups in total. The summed E-state index contributed by atoms with van der Waals surface area (Å²) in [6.07, 6.45) is 6.31. The fourth-order valence-electron chi connectivity index (χ4n) is 2.09.